The highest BCUT2D eigenvalue weighted by molar-refractivity contribution is 5.76. The summed E-state index contributed by atoms with van der Waals surface area (Å²) in [6.45, 7) is 1.84. The van der Waals surface area contributed by atoms with Crippen LogP contribution in [0.25, 0.3) is 0 Å². The van der Waals surface area contributed by atoms with Crippen LogP contribution in [0.15, 0.2) is 0 Å². The second-order valence-corrected chi connectivity index (χ2v) is 2.67. The summed E-state index contributed by atoms with van der Waals surface area (Å²) in [6, 6.07) is -1.50. The Hall–Kier alpha value is -1.66. The van der Waals surface area contributed by atoms with Crippen LogP contribution in [0.2, 0.25) is 0 Å². The third-order valence-electron chi connectivity index (χ3n) is 1.65. The minimum Gasteiger partial charge on any atom is -0.466 e. The fraction of sp³-hybridized carbons (Fsp3) is 0.750. The average molecular weight is 219 g/mol. The summed E-state index contributed by atoms with van der Waals surface area (Å²) in [4.78, 5) is 31.4. The van der Waals surface area contributed by atoms with Crippen molar-refractivity contribution in [2.45, 2.75) is 25.8 Å². The van der Waals surface area contributed by atoms with E-state index < -0.39 is 22.9 Å². The summed E-state index contributed by atoms with van der Waals surface area (Å²) in [5, 5.41) is 10.4. The lowest BCUT2D eigenvalue weighted by atomic mass is 10.2. The molecule has 0 aliphatic carbocycles. The highest BCUT2D eigenvalue weighted by Gasteiger charge is 2.31. The molecule has 0 rings (SSSR count). The Morgan fingerprint density at radius 3 is 2.47 bits per heavy atom. The Morgan fingerprint density at radius 2 is 2.07 bits per heavy atom. The van der Waals surface area contributed by atoms with Gasteiger partial charge in [-0.25, -0.2) is 4.79 Å². The Kier molecular flexibility index (Phi) is 6.00. The molecule has 15 heavy (non-hydrogen) atoms. The molecule has 0 bridgehead atoms. The second kappa shape index (κ2) is 6.74. The van der Waals surface area contributed by atoms with Gasteiger partial charge >= 0.3 is 18.0 Å². The van der Waals surface area contributed by atoms with Crippen LogP contribution >= 0.6 is 0 Å². The normalized spacial score (nSPS) is 11.6. The van der Waals surface area contributed by atoms with Crippen LogP contribution < -0.4 is 0 Å². The lowest BCUT2D eigenvalue weighted by molar-refractivity contribution is -0.511. The summed E-state index contributed by atoms with van der Waals surface area (Å²) in [5.41, 5.74) is 0. The molecule has 7 heteroatoms. The maximum Gasteiger partial charge on any atom is 0.381 e. The first-order chi connectivity index (χ1) is 7.02. The van der Waals surface area contributed by atoms with Crippen LogP contribution in [0.5, 0.6) is 0 Å². The van der Waals surface area contributed by atoms with Crippen molar-refractivity contribution in [3.8, 4) is 0 Å². The molecule has 0 saturated carbocycles. The van der Waals surface area contributed by atoms with Crippen molar-refractivity contribution in [3.05, 3.63) is 10.1 Å². The van der Waals surface area contributed by atoms with E-state index in [9.17, 15) is 19.7 Å². The van der Waals surface area contributed by atoms with Gasteiger partial charge in [-0.2, -0.15) is 0 Å². The summed E-state index contributed by atoms with van der Waals surface area (Å²) < 4.78 is 8.80. The molecule has 0 aromatic rings. The number of hydrogen-bond donors (Lipinski definition) is 0. The third-order valence-corrected chi connectivity index (χ3v) is 1.65. The number of methoxy groups -OCH3 is 1. The molecule has 0 aromatic heterocycles. The van der Waals surface area contributed by atoms with Gasteiger partial charge in [0.15, 0.2) is 0 Å². The molecule has 0 heterocycles. The highest BCUT2D eigenvalue weighted by Crippen LogP contribution is 2.04. The molecule has 0 fully saturated rings. The Morgan fingerprint density at radius 1 is 1.47 bits per heavy atom. The molecule has 0 N–H and O–H groups in total. The van der Waals surface area contributed by atoms with Crippen LogP contribution in [-0.2, 0) is 19.1 Å². The predicted octanol–water partition coefficient (Wildman–Crippen LogP) is 0.148. The molecule has 1 atom stereocenters. The summed E-state index contributed by atoms with van der Waals surface area (Å²) >= 11 is 0. The van der Waals surface area contributed by atoms with Crippen molar-refractivity contribution in [2.24, 2.45) is 0 Å². The number of nitro groups is 1. The zero-order valence-electron chi connectivity index (χ0n) is 8.60. The van der Waals surface area contributed by atoms with E-state index in [-0.39, 0.29) is 19.4 Å². The van der Waals surface area contributed by atoms with Crippen molar-refractivity contribution < 1.29 is 24.0 Å². The van der Waals surface area contributed by atoms with Crippen molar-refractivity contribution in [3.63, 3.8) is 0 Å². The summed E-state index contributed by atoms with van der Waals surface area (Å²) in [6.07, 6.45) is -0.382. The van der Waals surface area contributed by atoms with E-state index in [4.69, 9.17) is 0 Å². The van der Waals surface area contributed by atoms with Gasteiger partial charge in [0.05, 0.1) is 20.1 Å². The molecule has 0 aliphatic rings. The van der Waals surface area contributed by atoms with Gasteiger partial charge in [-0.1, -0.05) is 0 Å². The highest BCUT2D eigenvalue weighted by atomic mass is 16.6. The van der Waals surface area contributed by atoms with Gasteiger partial charge in [0.2, 0.25) is 0 Å². The van der Waals surface area contributed by atoms with E-state index in [1.54, 1.807) is 6.92 Å². The number of nitrogens with zero attached hydrogens (tertiary/aromatic N) is 1. The van der Waals surface area contributed by atoms with Crippen LogP contribution in [0, 0.1) is 10.1 Å². The maximum absolute atomic E-state index is 10.9. The standard InChI is InChI=1S/C8H13NO6/c1-3-15-7(10)5-4-6(9(12)13)8(11)14-2/h6H,3-5H2,1-2H3. The molecule has 0 saturated heterocycles. The fourth-order valence-electron chi connectivity index (χ4n) is 0.933. The zero-order chi connectivity index (χ0) is 11.8. The van der Waals surface area contributed by atoms with Crippen LogP contribution in [0.3, 0.4) is 0 Å². The van der Waals surface area contributed by atoms with Gasteiger partial charge in [-0.15, -0.1) is 0 Å². The van der Waals surface area contributed by atoms with E-state index in [0.717, 1.165) is 7.11 Å². The van der Waals surface area contributed by atoms with Crippen molar-refractivity contribution in [1.29, 1.82) is 0 Å². The van der Waals surface area contributed by atoms with Crippen molar-refractivity contribution >= 4 is 11.9 Å². The van der Waals surface area contributed by atoms with Gasteiger partial charge in [-0.05, 0) is 6.92 Å². The van der Waals surface area contributed by atoms with Crippen LogP contribution in [-0.4, -0.2) is 36.6 Å². The molecule has 0 aromatic carbocycles. The number of hydrogen-bond acceptors (Lipinski definition) is 6. The van der Waals surface area contributed by atoms with Crippen LogP contribution in [0.1, 0.15) is 19.8 Å². The summed E-state index contributed by atoms with van der Waals surface area (Å²) in [7, 11) is 1.06. The first-order valence-electron chi connectivity index (χ1n) is 4.39. The number of carbonyl (C=O) groups is 2. The maximum atomic E-state index is 10.9. The van der Waals surface area contributed by atoms with E-state index >= 15 is 0 Å². The number of carbonyl (C=O) groups excluding carboxylic acids is 2. The van der Waals surface area contributed by atoms with Gasteiger partial charge in [0, 0.05) is 11.3 Å². The molecule has 0 radical (unpaired) electrons. The SMILES string of the molecule is CCOC(=O)CCC(C(=O)OC)[N+](=O)[O-]. The van der Waals surface area contributed by atoms with Gasteiger partial charge < -0.3 is 9.47 Å². The fourth-order valence-corrected chi connectivity index (χ4v) is 0.933. The number of ether oxygens (including phenoxy) is 2. The number of esters is 2. The molecule has 1 unspecified atom stereocenters. The monoisotopic (exact) mass is 219 g/mol. The molecule has 86 valence electrons. The lowest BCUT2D eigenvalue weighted by Crippen LogP contribution is -2.31. The molecular formula is C8H13NO6. The van der Waals surface area contributed by atoms with Gasteiger partial charge in [0.25, 0.3) is 0 Å². The largest absolute Gasteiger partial charge is 0.466 e. The first kappa shape index (κ1) is 13.3. The zero-order valence-corrected chi connectivity index (χ0v) is 8.60. The topological polar surface area (TPSA) is 95.7 Å². The average Bonchev–Trinajstić information content (AvgIpc) is 2.17. The first-order valence-corrected chi connectivity index (χ1v) is 4.39. The smallest absolute Gasteiger partial charge is 0.381 e. The Labute approximate surface area is 86.5 Å². The quantitative estimate of drug-likeness (QED) is 0.358. The van der Waals surface area contributed by atoms with Gasteiger partial charge in [0.1, 0.15) is 0 Å². The van der Waals surface area contributed by atoms with Crippen molar-refractivity contribution in [1.82, 2.24) is 0 Å². The minimum atomic E-state index is -1.50. The summed E-state index contributed by atoms with van der Waals surface area (Å²) in [5.74, 6) is -1.52. The van der Waals surface area contributed by atoms with Crippen LogP contribution in [0.4, 0.5) is 0 Å². The van der Waals surface area contributed by atoms with Gasteiger partial charge in [-0.3, -0.25) is 14.9 Å². The van der Waals surface area contributed by atoms with E-state index in [1.807, 2.05) is 0 Å². The van der Waals surface area contributed by atoms with E-state index in [0.29, 0.717) is 0 Å². The Balaban J connectivity index is 4.13. The van der Waals surface area contributed by atoms with E-state index in [2.05, 4.69) is 9.47 Å². The lowest BCUT2D eigenvalue weighted by Gasteiger charge is -2.06. The second-order valence-electron chi connectivity index (χ2n) is 2.67. The predicted molar refractivity (Wildman–Crippen MR) is 48.7 cm³/mol. The van der Waals surface area contributed by atoms with E-state index in [1.165, 1.54) is 0 Å². The molecule has 0 aliphatic heterocycles. The molecule has 0 amide bonds. The molecule has 0 spiro atoms. The molecule has 7 nitrogen and oxygen atoms in total. The molecular weight excluding hydrogens is 206 g/mol. The Bertz CT molecular complexity index is 252. The number of rotatable bonds is 6. The minimum absolute atomic E-state index is 0.172. The van der Waals surface area contributed by atoms with Crippen molar-refractivity contribution in [2.75, 3.05) is 13.7 Å². The third kappa shape index (κ3) is 4.94.